The standard InChI is InChI=1S/C16H13BrFNO2/c17-13-3-1-2-4-14(13)19-16(15(20)21)8-7-10-9-11(18)5-6-12(10)16/h1-6,9,19H,7-8H2,(H,20,21). The molecule has 0 aromatic heterocycles. The van der Waals surface area contributed by atoms with Gasteiger partial charge in [-0.05, 0) is 64.2 Å². The van der Waals surface area contributed by atoms with Gasteiger partial charge in [0.05, 0.1) is 0 Å². The summed E-state index contributed by atoms with van der Waals surface area (Å²) in [6.07, 6.45) is 0.930. The highest BCUT2D eigenvalue weighted by atomic mass is 79.9. The predicted octanol–water partition coefficient (Wildman–Crippen LogP) is 3.93. The van der Waals surface area contributed by atoms with Gasteiger partial charge in [-0.15, -0.1) is 0 Å². The van der Waals surface area contributed by atoms with E-state index in [2.05, 4.69) is 21.2 Å². The van der Waals surface area contributed by atoms with Gasteiger partial charge in [0.15, 0.2) is 5.54 Å². The maximum Gasteiger partial charge on any atom is 0.334 e. The van der Waals surface area contributed by atoms with Crippen LogP contribution in [-0.4, -0.2) is 11.1 Å². The Labute approximate surface area is 129 Å². The number of carbonyl (C=O) groups is 1. The molecule has 0 heterocycles. The average molecular weight is 350 g/mol. The van der Waals surface area contributed by atoms with Crippen molar-refractivity contribution in [2.24, 2.45) is 0 Å². The highest BCUT2D eigenvalue weighted by Gasteiger charge is 2.46. The molecule has 1 aliphatic carbocycles. The molecule has 0 fully saturated rings. The lowest BCUT2D eigenvalue weighted by atomic mass is 9.91. The molecule has 0 radical (unpaired) electrons. The molecule has 0 aliphatic heterocycles. The van der Waals surface area contributed by atoms with E-state index in [0.717, 1.165) is 10.0 Å². The number of carboxylic acid groups (broad SMARTS) is 1. The van der Waals surface area contributed by atoms with E-state index in [0.29, 0.717) is 24.1 Å². The summed E-state index contributed by atoms with van der Waals surface area (Å²) in [5, 5.41) is 12.9. The quantitative estimate of drug-likeness (QED) is 0.882. The topological polar surface area (TPSA) is 49.3 Å². The number of para-hydroxylation sites is 1. The van der Waals surface area contributed by atoms with Gasteiger partial charge >= 0.3 is 5.97 Å². The number of aryl methyl sites for hydroxylation is 1. The van der Waals surface area contributed by atoms with Crippen LogP contribution in [0.15, 0.2) is 46.9 Å². The first-order chi connectivity index (χ1) is 10.0. The Morgan fingerprint density at radius 2 is 2.05 bits per heavy atom. The minimum Gasteiger partial charge on any atom is -0.479 e. The molecule has 1 aliphatic rings. The lowest BCUT2D eigenvalue weighted by Crippen LogP contribution is -2.41. The van der Waals surface area contributed by atoms with E-state index in [1.807, 2.05) is 24.3 Å². The SMILES string of the molecule is O=C(O)C1(Nc2ccccc2Br)CCc2cc(F)ccc21. The fourth-order valence-corrected chi connectivity index (χ4v) is 3.22. The van der Waals surface area contributed by atoms with Gasteiger partial charge in [-0.25, -0.2) is 9.18 Å². The summed E-state index contributed by atoms with van der Waals surface area (Å²) in [4.78, 5) is 11.9. The molecule has 21 heavy (non-hydrogen) atoms. The second-order valence-corrected chi connectivity index (χ2v) is 5.97. The third-order valence-corrected chi connectivity index (χ3v) is 4.57. The zero-order valence-electron chi connectivity index (χ0n) is 11.1. The molecule has 5 heteroatoms. The van der Waals surface area contributed by atoms with Crippen molar-refractivity contribution in [3.63, 3.8) is 0 Å². The minimum atomic E-state index is -1.22. The van der Waals surface area contributed by atoms with E-state index in [4.69, 9.17) is 0 Å². The predicted molar refractivity (Wildman–Crippen MR) is 81.8 cm³/mol. The van der Waals surface area contributed by atoms with Gasteiger partial charge in [0, 0.05) is 10.2 Å². The van der Waals surface area contributed by atoms with Crippen molar-refractivity contribution in [1.82, 2.24) is 0 Å². The summed E-state index contributed by atoms with van der Waals surface area (Å²) in [5.41, 5.74) is 0.869. The Bertz CT molecular complexity index is 719. The Morgan fingerprint density at radius 3 is 2.76 bits per heavy atom. The van der Waals surface area contributed by atoms with Gasteiger partial charge in [-0.1, -0.05) is 18.2 Å². The first-order valence-corrected chi connectivity index (χ1v) is 7.37. The lowest BCUT2D eigenvalue weighted by molar-refractivity contribution is -0.142. The highest BCUT2D eigenvalue weighted by Crippen LogP contribution is 2.41. The summed E-state index contributed by atoms with van der Waals surface area (Å²) >= 11 is 3.41. The lowest BCUT2D eigenvalue weighted by Gasteiger charge is -2.28. The third-order valence-electron chi connectivity index (χ3n) is 3.88. The van der Waals surface area contributed by atoms with Crippen LogP contribution in [0.2, 0.25) is 0 Å². The molecular formula is C16H13BrFNO2. The summed E-state index contributed by atoms with van der Waals surface area (Å²) in [7, 11) is 0. The van der Waals surface area contributed by atoms with Crippen LogP contribution in [0.3, 0.4) is 0 Å². The molecule has 2 aromatic rings. The molecule has 3 rings (SSSR count). The van der Waals surface area contributed by atoms with E-state index in [-0.39, 0.29) is 5.82 Å². The van der Waals surface area contributed by atoms with Crippen LogP contribution >= 0.6 is 15.9 Å². The molecule has 1 unspecified atom stereocenters. The van der Waals surface area contributed by atoms with Crippen LogP contribution in [-0.2, 0) is 16.8 Å². The van der Waals surface area contributed by atoms with Gasteiger partial charge in [-0.3, -0.25) is 0 Å². The second kappa shape index (κ2) is 5.15. The van der Waals surface area contributed by atoms with Gasteiger partial charge in [0.2, 0.25) is 0 Å². The molecule has 0 amide bonds. The summed E-state index contributed by atoms with van der Waals surface area (Å²) < 4.78 is 14.1. The maximum atomic E-state index is 13.3. The smallest absolute Gasteiger partial charge is 0.334 e. The van der Waals surface area contributed by atoms with Crippen molar-refractivity contribution in [3.8, 4) is 0 Å². The Kier molecular flexibility index (Phi) is 3.45. The van der Waals surface area contributed by atoms with Crippen LogP contribution in [0, 0.1) is 5.82 Å². The molecule has 2 N–H and O–H groups in total. The fourth-order valence-electron chi connectivity index (χ4n) is 2.84. The number of benzene rings is 2. The monoisotopic (exact) mass is 349 g/mol. The summed E-state index contributed by atoms with van der Waals surface area (Å²) in [5.74, 6) is -1.29. The van der Waals surface area contributed by atoms with Gasteiger partial charge < -0.3 is 10.4 Å². The molecule has 0 saturated heterocycles. The number of carboxylic acids is 1. The Balaban J connectivity index is 2.08. The molecule has 108 valence electrons. The first-order valence-electron chi connectivity index (χ1n) is 6.58. The first kappa shape index (κ1) is 14.1. The Hall–Kier alpha value is -1.88. The summed E-state index contributed by atoms with van der Waals surface area (Å²) in [6, 6.07) is 11.7. The van der Waals surface area contributed by atoms with E-state index in [1.165, 1.54) is 12.1 Å². The van der Waals surface area contributed by atoms with Gasteiger partial charge in [-0.2, -0.15) is 0 Å². The average Bonchev–Trinajstić information content (AvgIpc) is 2.81. The number of hydrogen-bond donors (Lipinski definition) is 2. The van der Waals surface area contributed by atoms with Crippen LogP contribution in [0.1, 0.15) is 17.5 Å². The molecule has 0 saturated carbocycles. The number of halogens is 2. The number of anilines is 1. The molecule has 0 bridgehead atoms. The van der Waals surface area contributed by atoms with E-state index < -0.39 is 11.5 Å². The van der Waals surface area contributed by atoms with E-state index in [1.54, 1.807) is 6.07 Å². The highest BCUT2D eigenvalue weighted by molar-refractivity contribution is 9.10. The van der Waals surface area contributed by atoms with E-state index >= 15 is 0 Å². The van der Waals surface area contributed by atoms with Crippen molar-refractivity contribution in [1.29, 1.82) is 0 Å². The van der Waals surface area contributed by atoms with Crippen molar-refractivity contribution < 1.29 is 14.3 Å². The number of hydrogen-bond acceptors (Lipinski definition) is 2. The van der Waals surface area contributed by atoms with Crippen LogP contribution in [0.4, 0.5) is 10.1 Å². The minimum absolute atomic E-state index is 0.337. The molecule has 1 atom stereocenters. The summed E-state index contributed by atoms with van der Waals surface area (Å²) in [6.45, 7) is 0. The van der Waals surface area contributed by atoms with Gasteiger partial charge in [0.25, 0.3) is 0 Å². The number of aliphatic carboxylic acids is 1. The molecule has 2 aromatic carbocycles. The second-order valence-electron chi connectivity index (χ2n) is 5.12. The normalized spacial score (nSPS) is 20.1. The van der Waals surface area contributed by atoms with Crippen molar-refractivity contribution in [2.75, 3.05) is 5.32 Å². The zero-order valence-corrected chi connectivity index (χ0v) is 12.7. The number of rotatable bonds is 3. The molecule has 3 nitrogen and oxygen atoms in total. The fraction of sp³-hybridized carbons (Fsp3) is 0.188. The molecular weight excluding hydrogens is 337 g/mol. The van der Waals surface area contributed by atoms with Gasteiger partial charge in [0.1, 0.15) is 5.82 Å². The van der Waals surface area contributed by atoms with Crippen molar-refractivity contribution in [3.05, 3.63) is 63.9 Å². The molecule has 0 spiro atoms. The van der Waals surface area contributed by atoms with Crippen LogP contribution < -0.4 is 5.32 Å². The third kappa shape index (κ3) is 2.31. The maximum absolute atomic E-state index is 13.3. The van der Waals surface area contributed by atoms with E-state index in [9.17, 15) is 14.3 Å². The number of nitrogens with one attached hydrogen (secondary N) is 1. The van der Waals surface area contributed by atoms with Crippen LogP contribution in [0.25, 0.3) is 0 Å². The van der Waals surface area contributed by atoms with Crippen LogP contribution in [0.5, 0.6) is 0 Å². The Morgan fingerprint density at radius 1 is 1.29 bits per heavy atom. The zero-order chi connectivity index (χ0) is 15.0. The number of fused-ring (bicyclic) bond motifs is 1. The largest absolute Gasteiger partial charge is 0.479 e. The van der Waals surface area contributed by atoms with Crippen molar-refractivity contribution in [2.45, 2.75) is 18.4 Å². The van der Waals surface area contributed by atoms with Crippen molar-refractivity contribution >= 4 is 27.6 Å².